The molecule has 1 aromatic heterocycles. The number of fused-ring (bicyclic) bond motifs is 5. The van der Waals surface area contributed by atoms with Gasteiger partial charge in [-0.15, -0.1) is 0 Å². The molecule has 0 saturated heterocycles. The average Bonchev–Trinajstić information content (AvgIpc) is 3.57. The van der Waals surface area contributed by atoms with Gasteiger partial charge >= 0.3 is 0 Å². The van der Waals surface area contributed by atoms with E-state index in [1.807, 2.05) is 6.08 Å². The van der Waals surface area contributed by atoms with E-state index in [0.717, 1.165) is 75.9 Å². The van der Waals surface area contributed by atoms with Gasteiger partial charge in [-0.3, -0.25) is 0 Å². The molecule has 4 aliphatic rings. The van der Waals surface area contributed by atoms with Crippen LogP contribution in [0.3, 0.4) is 0 Å². The number of hydrogen-bond acceptors (Lipinski definition) is 3. The van der Waals surface area contributed by atoms with Crippen molar-refractivity contribution in [3.05, 3.63) is 103 Å². The zero-order chi connectivity index (χ0) is 25.6. The molecule has 3 aliphatic heterocycles. The highest BCUT2D eigenvalue weighted by atomic mass is 16.2. The predicted octanol–water partition coefficient (Wildman–Crippen LogP) is 6.15. The van der Waals surface area contributed by atoms with Crippen LogP contribution < -0.4 is 10.7 Å². The summed E-state index contributed by atoms with van der Waals surface area (Å²) in [5.41, 5.74) is 14.4. The monoisotopic (exact) mass is 477 g/mol. The maximum Gasteiger partial charge on any atom is 0.0870 e. The van der Waals surface area contributed by atoms with Crippen molar-refractivity contribution in [2.45, 2.75) is 67.2 Å². The van der Waals surface area contributed by atoms with Crippen LogP contribution >= 0.6 is 0 Å². The summed E-state index contributed by atoms with van der Waals surface area (Å²) in [4.78, 5) is 13.9. The Kier molecular flexibility index (Phi) is 6.29. The molecule has 0 atom stereocenters. The van der Waals surface area contributed by atoms with Gasteiger partial charge in [0.2, 0.25) is 0 Å². The van der Waals surface area contributed by atoms with Crippen LogP contribution in [0.4, 0.5) is 0 Å². The Balaban J connectivity index is 1.86. The van der Waals surface area contributed by atoms with Gasteiger partial charge in [0, 0.05) is 16.3 Å². The molecule has 4 heteroatoms. The third kappa shape index (κ3) is 3.85. The minimum atomic E-state index is 0.790. The van der Waals surface area contributed by atoms with E-state index >= 15 is 0 Å². The molecule has 0 fully saturated rings. The fourth-order valence-corrected chi connectivity index (χ4v) is 5.81. The molecular weight excluding hydrogens is 442 g/mol. The van der Waals surface area contributed by atoms with Gasteiger partial charge in [0.1, 0.15) is 0 Å². The molecule has 0 unspecified atom stereocenters. The summed E-state index contributed by atoms with van der Waals surface area (Å²) in [5, 5.41) is 12.3. The summed E-state index contributed by atoms with van der Waals surface area (Å²) in [6.45, 7) is 13.2. The van der Waals surface area contributed by atoms with Crippen LogP contribution in [0.5, 0.6) is 0 Å². The van der Waals surface area contributed by atoms with Gasteiger partial charge in [-0.2, -0.15) is 0 Å². The van der Waals surface area contributed by atoms with E-state index in [0.29, 0.717) is 0 Å². The molecule has 4 nitrogen and oxygen atoms in total. The molecule has 2 N–H and O–H groups in total. The Morgan fingerprint density at radius 1 is 0.694 bits per heavy atom. The first kappa shape index (κ1) is 24.1. The van der Waals surface area contributed by atoms with Gasteiger partial charge in [-0.1, -0.05) is 27.7 Å². The quantitative estimate of drug-likeness (QED) is 0.502. The van der Waals surface area contributed by atoms with Gasteiger partial charge in [0.25, 0.3) is 0 Å². The lowest BCUT2D eigenvalue weighted by Gasteiger charge is -2.02. The van der Waals surface area contributed by atoms with Crippen molar-refractivity contribution in [3.63, 3.8) is 0 Å². The number of aliphatic hydroxyl groups is 1. The number of rotatable bonds is 4. The molecule has 0 spiro atoms. The molecule has 36 heavy (non-hydrogen) atoms. The van der Waals surface area contributed by atoms with Crippen molar-refractivity contribution in [2.75, 3.05) is 0 Å². The zero-order valence-corrected chi connectivity index (χ0v) is 22.2. The minimum Gasteiger partial charge on any atom is -0.515 e. The first-order valence-electron chi connectivity index (χ1n) is 13.1. The molecule has 0 saturated carbocycles. The van der Waals surface area contributed by atoms with E-state index in [2.05, 4.69) is 76.9 Å². The first-order valence-corrected chi connectivity index (χ1v) is 13.1. The van der Waals surface area contributed by atoms with Gasteiger partial charge in [-0.25, -0.2) is 9.98 Å². The van der Waals surface area contributed by atoms with Crippen LogP contribution in [0.15, 0.2) is 91.0 Å². The highest BCUT2D eigenvalue weighted by molar-refractivity contribution is 6.24. The summed E-state index contributed by atoms with van der Waals surface area (Å²) in [5.74, 6) is 0. The number of aromatic amines is 1. The Hall–Kier alpha value is -3.66. The number of H-pyrrole nitrogens is 1. The molecule has 0 radical (unpaired) electrons. The van der Waals surface area contributed by atoms with E-state index < -0.39 is 0 Å². The Bertz CT molecular complexity index is 1570. The second kappa shape index (κ2) is 9.42. The number of hydrogen-bond donors (Lipinski definition) is 2. The lowest BCUT2D eigenvalue weighted by atomic mass is 10.00. The SMILES string of the molecule is CCC1=C(C)C2=CC3=C/C(=C\O)C(=C3)C=C3N=C(C=c4[nH]c(c(CC)c4CC)=CC1=N2)C(CC)=C3C. The van der Waals surface area contributed by atoms with E-state index in [4.69, 9.17) is 9.98 Å². The molecule has 0 aromatic carbocycles. The summed E-state index contributed by atoms with van der Waals surface area (Å²) < 4.78 is 0. The highest BCUT2D eigenvalue weighted by Crippen LogP contribution is 2.35. The number of nitrogens with one attached hydrogen (secondary N) is 1. The summed E-state index contributed by atoms with van der Waals surface area (Å²) in [7, 11) is 0. The normalized spacial score (nSPS) is 20.1. The standard InChI is InChI=1S/C32H35N3O/c1-7-23-18(5)27-13-20-11-21(22(12-20)17-36)14-28-19(6)24(8-2)30(34-28)16-32-26(10-4)25(9-3)31(35-32)15-29(23)33-27/h11-17,35-36H,7-10H2,1-6H3/b22-17+,27-13?,28-14?,31-15?,32-16?. The number of nitrogens with zero attached hydrogens (tertiary/aromatic N) is 2. The molecule has 4 heterocycles. The lowest BCUT2D eigenvalue weighted by molar-refractivity contribution is 0.470. The molecule has 8 bridgehead atoms. The van der Waals surface area contributed by atoms with E-state index in [1.165, 1.54) is 39.7 Å². The fourth-order valence-electron chi connectivity index (χ4n) is 5.81. The lowest BCUT2D eigenvalue weighted by Crippen LogP contribution is -2.16. The maximum absolute atomic E-state index is 9.97. The van der Waals surface area contributed by atoms with Crippen molar-refractivity contribution in [1.82, 2.24) is 4.98 Å². The van der Waals surface area contributed by atoms with E-state index in [1.54, 1.807) is 0 Å². The fraction of sp³-hybridized carbons (Fsp3) is 0.312. The highest BCUT2D eigenvalue weighted by Gasteiger charge is 2.23. The summed E-state index contributed by atoms with van der Waals surface area (Å²) >= 11 is 0. The molecule has 1 aromatic rings. The van der Waals surface area contributed by atoms with Crippen LogP contribution in [0.25, 0.3) is 12.2 Å². The summed E-state index contributed by atoms with van der Waals surface area (Å²) in [6.07, 6.45) is 17.8. The smallest absolute Gasteiger partial charge is 0.0870 e. The predicted molar refractivity (Wildman–Crippen MR) is 152 cm³/mol. The first-order chi connectivity index (χ1) is 17.4. The van der Waals surface area contributed by atoms with Crippen LogP contribution in [0.1, 0.15) is 65.5 Å². The van der Waals surface area contributed by atoms with E-state index in [-0.39, 0.29) is 0 Å². The molecule has 1 aliphatic carbocycles. The largest absolute Gasteiger partial charge is 0.515 e. The number of aliphatic hydroxyl groups excluding tert-OH is 1. The molecular formula is C32H35N3O. The number of aromatic nitrogens is 1. The topological polar surface area (TPSA) is 60.7 Å². The molecule has 0 amide bonds. The average molecular weight is 478 g/mol. The van der Waals surface area contributed by atoms with E-state index in [9.17, 15) is 5.11 Å². The third-order valence-corrected chi connectivity index (χ3v) is 7.75. The van der Waals surface area contributed by atoms with Crippen molar-refractivity contribution in [3.8, 4) is 0 Å². The minimum absolute atomic E-state index is 0.790. The van der Waals surface area contributed by atoms with Crippen molar-refractivity contribution < 1.29 is 5.11 Å². The van der Waals surface area contributed by atoms with Crippen LogP contribution in [-0.4, -0.2) is 21.5 Å². The van der Waals surface area contributed by atoms with Gasteiger partial charge in [0.15, 0.2) is 0 Å². The van der Waals surface area contributed by atoms with Gasteiger partial charge in [0.05, 0.1) is 29.1 Å². The van der Waals surface area contributed by atoms with Crippen LogP contribution in [-0.2, 0) is 12.8 Å². The van der Waals surface area contributed by atoms with Gasteiger partial charge < -0.3 is 10.1 Å². The third-order valence-electron chi connectivity index (χ3n) is 7.75. The summed E-state index contributed by atoms with van der Waals surface area (Å²) in [6, 6.07) is 0. The molecule has 184 valence electrons. The van der Waals surface area contributed by atoms with Gasteiger partial charge in [-0.05, 0) is 121 Å². The van der Waals surface area contributed by atoms with Crippen molar-refractivity contribution in [2.24, 2.45) is 9.98 Å². The second-order valence-corrected chi connectivity index (χ2v) is 9.70. The second-order valence-electron chi connectivity index (χ2n) is 9.70. The number of aliphatic imine (C=N–C) groups is 2. The van der Waals surface area contributed by atoms with Crippen LogP contribution in [0.2, 0.25) is 0 Å². The Morgan fingerprint density at radius 3 is 1.69 bits per heavy atom. The van der Waals surface area contributed by atoms with Crippen molar-refractivity contribution in [1.29, 1.82) is 0 Å². The Morgan fingerprint density at radius 2 is 1.22 bits per heavy atom. The zero-order valence-electron chi connectivity index (χ0n) is 22.2. The van der Waals surface area contributed by atoms with Crippen LogP contribution in [0, 0.1) is 0 Å². The maximum atomic E-state index is 9.97. The molecule has 5 rings (SSSR count). The Labute approximate surface area is 213 Å². The number of allylic oxidation sites excluding steroid dienone is 11. The van der Waals surface area contributed by atoms with Crippen molar-refractivity contribution >= 4 is 23.6 Å².